The summed E-state index contributed by atoms with van der Waals surface area (Å²) in [5.41, 5.74) is 0. The minimum atomic E-state index is 0. The Balaban J connectivity index is 0. The van der Waals surface area contributed by atoms with Crippen LogP contribution in [0.3, 0.4) is 0 Å². The first kappa shape index (κ1) is 33.2. The Morgan fingerprint density at radius 1 is 1.25 bits per heavy atom. The molecule has 0 saturated heterocycles. The van der Waals surface area contributed by atoms with Gasteiger partial charge < -0.3 is 2.85 Å². The van der Waals surface area contributed by atoms with Gasteiger partial charge in [0.2, 0.25) is 0 Å². The number of rotatable bonds is 0. The summed E-state index contributed by atoms with van der Waals surface area (Å²) in [6.45, 7) is 0. The van der Waals surface area contributed by atoms with Crippen molar-refractivity contribution in [3.8, 4) is 0 Å². The predicted octanol–water partition coefficient (Wildman–Crippen LogP) is -1.34. The second-order valence-electron chi connectivity index (χ2n) is 0. The fourth-order valence-corrected chi connectivity index (χ4v) is 0. The summed E-state index contributed by atoms with van der Waals surface area (Å²) in [5.74, 6) is 0. The Labute approximate surface area is 76.4 Å². The number of hydrogen-bond donors (Lipinski definition) is 0. The smallest absolute Gasteiger partial charge is 1.00 e. The molecule has 0 fully saturated rings. The van der Waals surface area contributed by atoms with Gasteiger partial charge in [0, 0.05) is 33.8 Å². The Bertz CT molecular complexity index is 13.5. The molecule has 0 aliphatic rings. The van der Waals surface area contributed by atoms with E-state index in [-0.39, 0.29) is 77.1 Å². The molecule has 0 N–H and O–H groups in total. The first-order chi connectivity index (χ1) is 0. The van der Waals surface area contributed by atoms with Gasteiger partial charge in [0.05, 0.1) is 0 Å². The molecule has 0 atom stereocenters. The molecule has 0 aliphatic heterocycles. The van der Waals surface area contributed by atoms with E-state index in [9.17, 15) is 0 Å². The molecule has 0 unspecified atom stereocenters. The fourth-order valence-electron chi connectivity index (χ4n) is 0. The summed E-state index contributed by atoms with van der Waals surface area (Å²) in [5, 5.41) is 0. The van der Waals surface area contributed by atoms with E-state index in [1.807, 2.05) is 0 Å². The van der Waals surface area contributed by atoms with Crippen molar-refractivity contribution in [1.82, 2.24) is 0 Å². The van der Waals surface area contributed by atoms with E-state index in [1.54, 1.807) is 0 Å². The molecule has 4 heavy (non-hydrogen) atoms. The summed E-state index contributed by atoms with van der Waals surface area (Å²) >= 11 is 0. The minimum absolute atomic E-state index is 0. The van der Waals surface area contributed by atoms with Crippen LogP contribution in [0.1, 0.15) is 2.85 Å². The molecule has 0 aromatic heterocycles. The van der Waals surface area contributed by atoms with Crippen LogP contribution in [0.15, 0.2) is 0 Å². The van der Waals surface area contributed by atoms with E-state index in [0.29, 0.717) is 0 Å². The van der Waals surface area contributed by atoms with Crippen molar-refractivity contribution in [2.75, 3.05) is 0 Å². The van der Waals surface area contributed by atoms with Gasteiger partial charge in [0.25, 0.3) is 0 Å². The van der Waals surface area contributed by atoms with Gasteiger partial charge in [0.15, 0.2) is 17.4 Å². The Morgan fingerprint density at radius 2 is 1.25 bits per heavy atom. The molecule has 0 aromatic rings. The van der Waals surface area contributed by atoms with Gasteiger partial charge in [-0.3, -0.25) is 0 Å². The first-order valence-corrected chi connectivity index (χ1v) is 0. The second kappa shape index (κ2) is 18.4. The van der Waals surface area contributed by atoms with E-state index >= 15 is 0 Å². The molecule has 0 aliphatic carbocycles. The van der Waals surface area contributed by atoms with Crippen molar-refractivity contribution in [2.24, 2.45) is 0 Å². The van der Waals surface area contributed by atoms with Gasteiger partial charge >= 0.3 is 23.1 Å². The maximum absolute atomic E-state index is 0. The monoisotopic (exact) mass is 171 g/mol. The minimum Gasteiger partial charge on any atom is -1.00 e. The van der Waals surface area contributed by atoms with Crippen molar-refractivity contribution in [2.45, 2.75) is 0 Å². The summed E-state index contributed by atoms with van der Waals surface area (Å²) < 4.78 is 0. The molecule has 0 bridgehead atoms. The maximum atomic E-state index is 0. The van der Waals surface area contributed by atoms with E-state index in [2.05, 4.69) is 0 Å². The summed E-state index contributed by atoms with van der Waals surface area (Å²) in [6, 6.07) is 0. The molecule has 0 aromatic carbocycles. The SMILES string of the molecule is [AlH3].[Co].[Fe].[H-].[H-].[Mg+2]. The molecule has 0 amide bonds. The van der Waals surface area contributed by atoms with Crippen molar-refractivity contribution in [3.63, 3.8) is 0 Å². The Morgan fingerprint density at radius 3 is 1.25 bits per heavy atom. The van der Waals surface area contributed by atoms with E-state index in [4.69, 9.17) is 0 Å². The summed E-state index contributed by atoms with van der Waals surface area (Å²) in [7, 11) is 0. The number of hydrogen-bond acceptors (Lipinski definition) is 0. The van der Waals surface area contributed by atoms with Crippen LogP contribution in [-0.2, 0) is 33.8 Å². The third-order valence-electron chi connectivity index (χ3n) is 0. The molecule has 0 rings (SSSR count). The van der Waals surface area contributed by atoms with Crippen LogP contribution < -0.4 is 0 Å². The van der Waals surface area contributed by atoms with Crippen LogP contribution in [0.25, 0.3) is 0 Å². The molecular weight excluding hydrogens is 166 g/mol. The van der Waals surface area contributed by atoms with Gasteiger partial charge in [-0.1, -0.05) is 0 Å². The zero-order chi connectivity index (χ0) is 0. The Kier molecular flexibility index (Phi) is 153. The van der Waals surface area contributed by atoms with Crippen molar-refractivity contribution in [1.29, 1.82) is 0 Å². The van der Waals surface area contributed by atoms with Crippen molar-refractivity contribution >= 4 is 40.4 Å². The quantitative estimate of drug-likeness (QED) is 0.395. The molecule has 4 heteroatoms. The molecule has 27 valence electrons. The van der Waals surface area contributed by atoms with E-state index < -0.39 is 0 Å². The van der Waals surface area contributed by atoms with Gasteiger partial charge in [-0.05, 0) is 0 Å². The zero-order valence-corrected chi connectivity index (χ0v) is 4.95. The van der Waals surface area contributed by atoms with Gasteiger partial charge in [0.1, 0.15) is 0 Å². The van der Waals surface area contributed by atoms with Crippen LogP contribution in [0.5, 0.6) is 0 Å². The van der Waals surface area contributed by atoms with Crippen LogP contribution in [0, 0.1) is 0 Å². The van der Waals surface area contributed by atoms with Gasteiger partial charge in [-0.2, -0.15) is 0 Å². The maximum Gasteiger partial charge on any atom is 2.00 e. The molecule has 0 heterocycles. The third kappa shape index (κ3) is 8.85. The largest absolute Gasteiger partial charge is 2.00 e. The summed E-state index contributed by atoms with van der Waals surface area (Å²) in [6.07, 6.45) is 0. The molecule has 0 spiro atoms. The average molecular weight is 171 g/mol. The standard InChI is InChI=1S/Al.Co.Fe.Mg.5H/q;;;+2;;;;2*-1. The average Bonchev–Trinajstić information content (AvgIpc) is 0. The van der Waals surface area contributed by atoms with Crippen LogP contribution >= 0.6 is 0 Å². The topological polar surface area (TPSA) is 0 Å². The predicted molar refractivity (Wildman–Crippen MR) is 17.9 cm³/mol. The van der Waals surface area contributed by atoms with Gasteiger partial charge in [-0.25, -0.2) is 0 Å². The second-order valence-corrected chi connectivity index (χ2v) is 0. The van der Waals surface area contributed by atoms with Crippen LogP contribution in [0.4, 0.5) is 0 Å². The van der Waals surface area contributed by atoms with Crippen LogP contribution in [-0.4, -0.2) is 40.4 Å². The fraction of sp³-hybridized carbons (Fsp3) is 0. The normalized spacial score (nSPS) is 0. The molecular formula is H5AlCoFeMg. The van der Waals surface area contributed by atoms with Crippen LogP contribution in [0.2, 0.25) is 0 Å². The molecule has 0 nitrogen and oxygen atoms in total. The summed E-state index contributed by atoms with van der Waals surface area (Å²) in [4.78, 5) is 0. The van der Waals surface area contributed by atoms with Gasteiger partial charge in [-0.15, -0.1) is 0 Å². The first-order valence-electron chi connectivity index (χ1n) is 0. The molecule has 0 saturated carbocycles. The third-order valence-corrected chi connectivity index (χ3v) is 0. The Hall–Kier alpha value is 2.32. The molecule has 1 radical (unpaired) electrons. The van der Waals surface area contributed by atoms with Crippen molar-refractivity contribution in [3.05, 3.63) is 0 Å². The van der Waals surface area contributed by atoms with E-state index in [0.717, 1.165) is 0 Å². The van der Waals surface area contributed by atoms with E-state index in [1.165, 1.54) is 0 Å². The van der Waals surface area contributed by atoms with Crippen molar-refractivity contribution < 1.29 is 36.7 Å². The zero-order valence-electron chi connectivity index (χ0n) is 3.39.